The number of amides is 3. The van der Waals surface area contributed by atoms with E-state index in [-0.39, 0.29) is 24.3 Å². The molecular weight excluding hydrogens is 526 g/mol. The number of phenolic OH excluding ortho intramolecular Hbond substituents is 1. The maximum atomic E-state index is 12.5. The molecule has 0 aromatic heterocycles. The number of hydrogen-bond donors (Lipinski definition) is 5. The summed E-state index contributed by atoms with van der Waals surface area (Å²) in [5.41, 5.74) is 2.27. The molecular formula is C30H43N5O6. The van der Waals surface area contributed by atoms with E-state index in [1.807, 2.05) is 4.90 Å². The Bertz CT molecular complexity index is 1070. The first-order chi connectivity index (χ1) is 20.0. The molecule has 0 bridgehead atoms. The topological polar surface area (TPSA) is 136 Å². The highest BCUT2D eigenvalue weighted by Gasteiger charge is 2.23. The molecule has 1 atom stereocenters. The SMILES string of the molecule is O=C(CCNC(=O)N1CCC(Nc2ccc(CCNC[C@H](O)COc3ccc(O)cc3)cc2)CC1)N1CCOCC1. The molecule has 3 amide bonds. The second kappa shape index (κ2) is 16.0. The number of likely N-dealkylation sites (tertiary alicyclic amines) is 1. The van der Waals surface area contributed by atoms with Crippen LogP contribution in [0.15, 0.2) is 48.5 Å². The predicted octanol–water partition coefficient (Wildman–Crippen LogP) is 1.80. The van der Waals surface area contributed by atoms with E-state index in [1.165, 1.54) is 5.56 Å². The fourth-order valence-corrected chi connectivity index (χ4v) is 4.88. The maximum Gasteiger partial charge on any atom is 0.317 e. The average Bonchev–Trinajstić information content (AvgIpc) is 3.00. The van der Waals surface area contributed by atoms with Gasteiger partial charge in [0.15, 0.2) is 0 Å². The number of carbonyl (C=O) groups excluding carboxylic acids is 2. The van der Waals surface area contributed by atoms with Crippen LogP contribution in [0.4, 0.5) is 10.5 Å². The smallest absolute Gasteiger partial charge is 0.317 e. The van der Waals surface area contributed by atoms with E-state index in [4.69, 9.17) is 9.47 Å². The first kappa shape index (κ1) is 30.4. The van der Waals surface area contributed by atoms with E-state index < -0.39 is 6.10 Å². The molecule has 11 heteroatoms. The molecule has 224 valence electrons. The number of hydrogen-bond acceptors (Lipinski definition) is 8. The van der Waals surface area contributed by atoms with Crippen molar-refractivity contribution < 1.29 is 29.3 Å². The van der Waals surface area contributed by atoms with Crippen molar-refractivity contribution in [1.82, 2.24) is 20.4 Å². The summed E-state index contributed by atoms with van der Waals surface area (Å²) in [4.78, 5) is 28.4. The Morgan fingerprint density at radius 3 is 2.37 bits per heavy atom. The highest BCUT2D eigenvalue weighted by Crippen LogP contribution is 2.18. The molecule has 41 heavy (non-hydrogen) atoms. The van der Waals surface area contributed by atoms with Gasteiger partial charge in [-0.1, -0.05) is 12.1 Å². The van der Waals surface area contributed by atoms with Gasteiger partial charge in [-0.25, -0.2) is 4.79 Å². The molecule has 0 radical (unpaired) electrons. The molecule has 0 spiro atoms. The number of nitrogens with zero attached hydrogens (tertiary/aromatic N) is 2. The van der Waals surface area contributed by atoms with Gasteiger partial charge in [0.2, 0.25) is 5.91 Å². The van der Waals surface area contributed by atoms with Crippen molar-refractivity contribution in [1.29, 1.82) is 0 Å². The Hall–Kier alpha value is -3.54. The lowest BCUT2D eigenvalue weighted by Gasteiger charge is -2.33. The van der Waals surface area contributed by atoms with Gasteiger partial charge in [-0.05, 0) is 67.8 Å². The Kier molecular flexibility index (Phi) is 11.9. The standard InChI is InChI=1S/C30H43N5O6/c36-26-5-7-28(8-6-26)41-22-27(37)21-31-13-9-23-1-3-24(4-2-23)33-25-11-15-35(16-12-25)30(39)32-14-10-29(38)34-17-19-40-20-18-34/h1-8,25,27,31,33,36-37H,9-22H2,(H,32,39)/t27-/m0/s1. The Labute approximate surface area is 241 Å². The number of phenols is 1. The van der Waals surface area contributed by atoms with Crippen LogP contribution in [-0.2, 0) is 16.0 Å². The monoisotopic (exact) mass is 569 g/mol. The zero-order chi connectivity index (χ0) is 28.9. The van der Waals surface area contributed by atoms with E-state index in [0.717, 1.165) is 31.5 Å². The fourth-order valence-electron chi connectivity index (χ4n) is 4.88. The Morgan fingerprint density at radius 1 is 0.951 bits per heavy atom. The summed E-state index contributed by atoms with van der Waals surface area (Å²) in [5.74, 6) is 0.847. The van der Waals surface area contributed by atoms with Crippen LogP contribution >= 0.6 is 0 Å². The first-order valence-electron chi connectivity index (χ1n) is 14.5. The highest BCUT2D eigenvalue weighted by atomic mass is 16.5. The first-order valence-corrected chi connectivity index (χ1v) is 14.5. The van der Waals surface area contributed by atoms with Gasteiger partial charge >= 0.3 is 6.03 Å². The number of anilines is 1. The summed E-state index contributed by atoms with van der Waals surface area (Å²) in [7, 11) is 0. The number of aromatic hydroxyl groups is 1. The quantitative estimate of drug-likeness (QED) is 0.231. The largest absolute Gasteiger partial charge is 0.508 e. The molecule has 0 saturated carbocycles. The van der Waals surface area contributed by atoms with Crippen molar-refractivity contribution in [3.05, 3.63) is 54.1 Å². The molecule has 2 heterocycles. The van der Waals surface area contributed by atoms with Crippen molar-refractivity contribution in [2.45, 2.75) is 37.8 Å². The number of urea groups is 1. The zero-order valence-electron chi connectivity index (χ0n) is 23.6. The van der Waals surface area contributed by atoms with Crippen LogP contribution in [0.5, 0.6) is 11.5 Å². The second-order valence-corrected chi connectivity index (χ2v) is 10.5. The summed E-state index contributed by atoms with van der Waals surface area (Å²) in [6, 6.07) is 15.0. The number of carbonyl (C=O) groups is 2. The third-order valence-electron chi connectivity index (χ3n) is 7.34. The Morgan fingerprint density at radius 2 is 1.66 bits per heavy atom. The van der Waals surface area contributed by atoms with Gasteiger partial charge < -0.3 is 45.4 Å². The number of ether oxygens (including phenoxy) is 2. The number of benzene rings is 2. The lowest BCUT2D eigenvalue weighted by molar-refractivity contribution is -0.135. The molecule has 2 aliphatic heterocycles. The summed E-state index contributed by atoms with van der Waals surface area (Å²) in [6.45, 7) is 5.46. The van der Waals surface area contributed by atoms with Crippen LogP contribution in [0.1, 0.15) is 24.8 Å². The number of rotatable bonds is 13. The maximum absolute atomic E-state index is 12.5. The fraction of sp³-hybridized carbons (Fsp3) is 0.533. The molecule has 2 saturated heterocycles. The van der Waals surface area contributed by atoms with Gasteiger partial charge in [0.05, 0.1) is 13.2 Å². The lowest BCUT2D eigenvalue weighted by Crippen LogP contribution is -2.48. The third kappa shape index (κ3) is 10.4. The van der Waals surface area contributed by atoms with Crippen LogP contribution in [0.2, 0.25) is 0 Å². The number of piperidine rings is 1. The van der Waals surface area contributed by atoms with Crippen LogP contribution in [0.25, 0.3) is 0 Å². The molecule has 4 rings (SSSR count). The van der Waals surface area contributed by atoms with Gasteiger partial charge in [0, 0.05) is 57.4 Å². The molecule has 0 aliphatic carbocycles. The van der Waals surface area contributed by atoms with Crippen molar-refractivity contribution in [2.24, 2.45) is 0 Å². The molecule has 11 nitrogen and oxygen atoms in total. The van der Waals surface area contributed by atoms with E-state index in [9.17, 15) is 19.8 Å². The van der Waals surface area contributed by atoms with Gasteiger partial charge in [-0.2, -0.15) is 0 Å². The van der Waals surface area contributed by atoms with E-state index in [0.29, 0.717) is 70.7 Å². The minimum absolute atomic E-state index is 0.0610. The minimum atomic E-state index is -0.627. The van der Waals surface area contributed by atoms with Gasteiger partial charge in [0.1, 0.15) is 24.2 Å². The summed E-state index contributed by atoms with van der Waals surface area (Å²) in [6.07, 6.45) is 2.26. The van der Waals surface area contributed by atoms with Crippen molar-refractivity contribution in [2.75, 3.05) is 71.0 Å². The van der Waals surface area contributed by atoms with Crippen molar-refractivity contribution in [3.63, 3.8) is 0 Å². The van der Waals surface area contributed by atoms with Crippen LogP contribution in [-0.4, -0.2) is 110 Å². The van der Waals surface area contributed by atoms with E-state index in [2.05, 4.69) is 40.2 Å². The zero-order valence-corrected chi connectivity index (χ0v) is 23.6. The second-order valence-electron chi connectivity index (χ2n) is 10.5. The number of aliphatic hydroxyl groups excluding tert-OH is 1. The molecule has 2 aromatic carbocycles. The third-order valence-corrected chi connectivity index (χ3v) is 7.34. The van der Waals surface area contributed by atoms with Crippen molar-refractivity contribution in [3.8, 4) is 11.5 Å². The number of nitrogens with one attached hydrogen (secondary N) is 3. The molecule has 0 unspecified atom stereocenters. The minimum Gasteiger partial charge on any atom is -0.508 e. The molecule has 5 N–H and O–H groups in total. The van der Waals surface area contributed by atoms with Gasteiger partial charge in [-0.15, -0.1) is 0 Å². The van der Waals surface area contributed by atoms with Crippen LogP contribution < -0.4 is 20.7 Å². The number of morpholine rings is 1. The normalized spacial score (nSPS) is 16.7. The summed E-state index contributed by atoms with van der Waals surface area (Å²) < 4.78 is 10.8. The van der Waals surface area contributed by atoms with Gasteiger partial charge in [0.25, 0.3) is 0 Å². The molecule has 2 aliphatic rings. The van der Waals surface area contributed by atoms with Crippen LogP contribution in [0, 0.1) is 0 Å². The Balaban J connectivity index is 1.05. The van der Waals surface area contributed by atoms with E-state index >= 15 is 0 Å². The van der Waals surface area contributed by atoms with Crippen molar-refractivity contribution >= 4 is 17.6 Å². The summed E-state index contributed by atoms with van der Waals surface area (Å²) >= 11 is 0. The highest BCUT2D eigenvalue weighted by molar-refractivity contribution is 5.78. The van der Waals surface area contributed by atoms with Crippen LogP contribution in [0.3, 0.4) is 0 Å². The molecule has 2 aromatic rings. The predicted molar refractivity (Wildman–Crippen MR) is 156 cm³/mol. The van der Waals surface area contributed by atoms with E-state index in [1.54, 1.807) is 29.2 Å². The molecule has 2 fully saturated rings. The summed E-state index contributed by atoms with van der Waals surface area (Å²) in [5, 5.41) is 29.2. The van der Waals surface area contributed by atoms with Gasteiger partial charge in [-0.3, -0.25) is 4.79 Å². The average molecular weight is 570 g/mol. The lowest BCUT2D eigenvalue weighted by atomic mass is 10.0. The number of aliphatic hydroxyl groups is 1.